The number of halogens is 1. The first kappa shape index (κ1) is 19.1. The fraction of sp³-hybridized carbons (Fsp3) is 0.650. The molecule has 2 saturated heterocycles. The van der Waals surface area contributed by atoms with Gasteiger partial charge < -0.3 is 14.4 Å². The van der Waals surface area contributed by atoms with Crippen LogP contribution in [0.4, 0.5) is 4.39 Å². The van der Waals surface area contributed by atoms with E-state index in [-0.39, 0.29) is 23.9 Å². The van der Waals surface area contributed by atoms with Crippen LogP contribution in [0.5, 0.6) is 5.75 Å². The lowest BCUT2D eigenvalue weighted by Gasteiger charge is -2.37. The Bertz CT molecular complexity index is 602. The molecule has 0 aromatic heterocycles. The maximum atomic E-state index is 13.2. The summed E-state index contributed by atoms with van der Waals surface area (Å²) in [5, 5.41) is 0. The Hall–Kier alpha value is -1.66. The summed E-state index contributed by atoms with van der Waals surface area (Å²) in [5.41, 5.74) is 0. The molecule has 0 bridgehead atoms. The highest BCUT2D eigenvalue weighted by Gasteiger charge is 2.29. The molecule has 1 aromatic rings. The highest BCUT2D eigenvalue weighted by Crippen LogP contribution is 2.21. The van der Waals surface area contributed by atoms with E-state index >= 15 is 0 Å². The first-order valence-corrected chi connectivity index (χ1v) is 9.57. The summed E-state index contributed by atoms with van der Waals surface area (Å²) in [6.45, 7) is 8.16. The van der Waals surface area contributed by atoms with Crippen LogP contribution in [0.2, 0.25) is 0 Å². The fourth-order valence-corrected chi connectivity index (χ4v) is 3.61. The molecule has 1 amide bonds. The lowest BCUT2D eigenvalue weighted by Crippen LogP contribution is -2.48. The molecule has 0 aliphatic carbocycles. The Morgan fingerprint density at radius 2 is 2.08 bits per heavy atom. The Morgan fingerprint density at radius 3 is 2.77 bits per heavy atom. The normalized spacial score (nSPS) is 22.6. The van der Waals surface area contributed by atoms with Crippen molar-refractivity contribution in [2.75, 3.05) is 32.8 Å². The average molecular weight is 364 g/mol. The quantitative estimate of drug-likeness (QED) is 0.806. The van der Waals surface area contributed by atoms with Crippen molar-refractivity contribution in [3.63, 3.8) is 0 Å². The maximum absolute atomic E-state index is 13.2. The number of likely N-dealkylation sites (tertiary alicyclic amines) is 1. The summed E-state index contributed by atoms with van der Waals surface area (Å²) in [6, 6.07) is 6.70. The third kappa shape index (κ3) is 5.17. The van der Waals surface area contributed by atoms with Crippen molar-refractivity contribution in [2.24, 2.45) is 0 Å². The molecule has 3 rings (SSSR count). The first-order valence-electron chi connectivity index (χ1n) is 9.57. The third-order valence-electron chi connectivity index (χ3n) is 5.20. The van der Waals surface area contributed by atoms with E-state index in [1.807, 2.05) is 4.90 Å². The molecule has 2 aliphatic rings. The number of hydrogen-bond donors (Lipinski definition) is 0. The van der Waals surface area contributed by atoms with Gasteiger partial charge in [0.2, 0.25) is 5.91 Å². The van der Waals surface area contributed by atoms with Crippen LogP contribution in [0.25, 0.3) is 0 Å². The molecular weight excluding hydrogens is 335 g/mol. The Kier molecular flexibility index (Phi) is 6.48. The monoisotopic (exact) mass is 364 g/mol. The molecule has 2 fully saturated rings. The van der Waals surface area contributed by atoms with Gasteiger partial charge in [0.15, 0.2) is 0 Å². The lowest BCUT2D eigenvalue weighted by molar-refractivity contribution is -0.138. The largest absolute Gasteiger partial charge is 0.490 e. The molecule has 5 nitrogen and oxygen atoms in total. The maximum Gasteiger partial charge on any atom is 0.225 e. The minimum Gasteiger partial charge on any atom is -0.490 e. The molecule has 1 atom stereocenters. The summed E-state index contributed by atoms with van der Waals surface area (Å²) in [7, 11) is 0. The minimum atomic E-state index is -0.293. The third-order valence-corrected chi connectivity index (χ3v) is 5.20. The van der Waals surface area contributed by atoms with E-state index in [1.165, 1.54) is 12.1 Å². The van der Waals surface area contributed by atoms with Gasteiger partial charge in [-0.1, -0.05) is 6.07 Å². The van der Waals surface area contributed by atoms with Gasteiger partial charge in [0.1, 0.15) is 17.7 Å². The van der Waals surface area contributed by atoms with Gasteiger partial charge in [-0.2, -0.15) is 0 Å². The number of nitrogens with zero attached hydrogens (tertiary/aromatic N) is 2. The van der Waals surface area contributed by atoms with Crippen LogP contribution >= 0.6 is 0 Å². The zero-order chi connectivity index (χ0) is 18.5. The van der Waals surface area contributed by atoms with Gasteiger partial charge in [-0.05, 0) is 26.0 Å². The second-order valence-corrected chi connectivity index (χ2v) is 7.44. The summed E-state index contributed by atoms with van der Waals surface area (Å²) < 4.78 is 24.9. The van der Waals surface area contributed by atoms with Gasteiger partial charge in [0.25, 0.3) is 0 Å². The van der Waals surface area contributed by atoms with Crippen LogP contribution in [0.1, 0.15) is 33.1 Å². The van der Waals surface area contributed by atoms with Crippen LogP contribution in [0, 0.1) is 5.82 Å². The second kappa shape index (κ2) is 8.82. The molecule has 26 heavy (non-hydrogen) atoms. The number of carbonyl (C=O) groups is 1. The first-order chi connectivity index (χ1) is 12.5. The number of rotatable bonds is 5. The SMILES string of the molecule is CC(C)N1CCO[C@H](CC(=O)N2CCC(Oc3cccc(F)c3)CC2)C1. The predicted octanol–water partition coefficient (Wildman–Crippen LogP) is 2.69. The molecule has 0 radical (unpaired) electrons. The number of carbonyl (C=O) groups excluding carboxylic acids is 1. The van der Waals surface area contributed by atoms with E-state index in [2.05, 4.69) is 18.7 Å². The van der Waals surface area contributed by atoms with Crippen molar-refractivity contribution in [3.8, 4) is 5.75 Å². The number of benzene rings is 1. The van der Waals surface area contributed by atoms with E-state index in [0.29, 0.717) is 37.9 Å². The van der Waals surface area contributed by atoms with E-state index in [4.69, 9.17) is 9.47 Å². The zero-order valence-electron chi connectivity index (χ0n) is 15.7. The van der Waals surface area contributed by atoms with E-state index in [1.54, 1.807) is 12.1 Å². The predicted molar refractivity (Wildman–Crippen MR) is 97.7 cm³/mol. The van der Waals surface area contributed by atoms with Crippen LogP contribution in [-0.2, 0) is 9.53 Å². The summed E-state index contributed by atoms with van der Waals surface area (Å²) >= 11 is 0. The molecule has 144 valence electrons. The topological polar surface area (TPSA) is 42.0 Å². The van der Waals surface area contributed by atoms with Crippen molar-refractivity contribution in [3.05, 3.63) is 30.1 Å². The number of hydrogen-bond acceptors (Lipinski definition) is 4. The van der Waals surface area contributed by atoms with Gasteiger partial charge in [-0.3, -0.25) is 9.69 Å². The molecule has 0 saturated carbocycles. The molecule has 2 aliphatic heterocycles. The van der Waals surface area contributed by atoms with Gasteiger partial charge >= 0.3 is 0 Å². The van der Waals surface area contributed by atoms with Crippen LogP contribution in [-0.4, -0.2) is 66.7 Å². The zero-order valence-corrected chi connectivity index (χ0v) is 15.7. The molecule has 0 spiro atoms. The van der Waals surface area contributed by atoms with Crippen molar-refractivity contribution in [1.82, 2.24) is 9.80 Å². The van der Waals surface area contributed by atoms with Crippen molar-refractivity contribution in [1.29, 1.82) is 0 Å². The number of piperidine rings is 1. The fourth-order valence-electron chi connectivity index (χ4n) is 3.61. The van der Waals surface area contributed by atoms with Gasteiger partial charge in [0, 0.05) is 51.1 Å². The minimum absolute atomic E-state index is 0.0140. The number of ether oxygens (including phenoxy) is 2. The summed E-state index contributed by atoms with van der Waals surface area (Å²) in [4.78, 5) is 16.9. The van der Waals surface area contributed by atoms with Crippen molar-refractivity contribution >= 4 is 5.91 Å². The molecule has 2 heterocycles. The van der Waals surface area contributed by atoms with E-state index in [9.17, 15) is 9.18 Å². The Morgan fingerprint density at radius 1 is 1.31 bits per heavy atom. The van der Waals surface area contributed by atoms with Crippen molar-refractivity contribution < 1.29 is 18.7 Å². The molecular formula is C20H29FN2O3. The standard InChI is InChI=1S/C20H29FN2O3/c1-15(2)23-10-11-25-19(14-23)13-20(24)22-8-6-17(7-9-22)26-18-5-3-4-16(21)12-18/h3-5,12,15,17,19H,6-11,13-14H2,1-2H3/t19-/m1/s1. The Labute approximate surface area is 155 Å². The molecule has 1 aromatic carbocycles. The van der Waals surface area contributed by atoms with Gasteiger partial charge in [-0.15, -0.1) is 0 Å². The van der Waals surface area contributed by atoms with Crippen LogP contribution in [0.15, 0.2) is 24.3 Å². The molecule has 0 unspecified atom stereocenters. The van der Waals surface area contributed by atoms with E-state index in [0.717, 1.165) is 25.9 Å². The molecule has 0 N–H and O–H groups in total. The van der Waals surface area contributed by atoms with Crippen molar-refractivity contribution in [2.45, 2.75) is 51.4 Å². The van der Waals surface area contributed by atoms with Gasteiger partial charge in [0.05, 0.1) is 19.1 Å². The Balaban J connectivity index is 1.43. The van der Waals surface area contributed by atoms with Gasteiger partial charge in [-0.25, -0.2) is 4.39 Å². The highest BCUT2D eigenvalue weighted by atomic mass is 19.1. The smallest absolute Gasteiger partial charge is 0.225 e. The average Bonchev–Trinajstić information content (AvgIpc) is 2.62. The number of morpholine rings is 1. The highest BCUT2D eigenvalue weighted by molar-refractivity contribution is 5.76. The molecule has 6 heteroatoms. The summed E-state index contributed by atoms with van der Waals surface area (Å²) in [5.74, 6) is 0.419. The second-order valence-electron chi connectivity index (χ2n) is 7.44. The van der Waals surface area contributed by atoms with Crippen LogP contribution < -0.4 is 4.74 Å². The number of amides is 1. The van der Waals surface area contributed by atoms with Crippen LogP contribution in [0.3, 0.4) is 0 Å². The summed E-state index contributed by atoms with van der Waals surface area (Å²) in [6.07, 6.45) is 2.00. The van der Waals surface area contributed by atoms with E-state index < -0.39 is 0 Å². The lowest BCUT2D eigenvalue weighted by atomic mass is 10.1.